The number of rotatable bonds is 22. The van der Waals surface area contributed by atoms with Crippen LogP contribution in [0.2, 0.25) is 18.1 Å². The molecule has 376 valence electrons. The molecule has 1 aliphatic heterocycles. The van der Waals surface area contributed by atoms with Gasteiger partial charge in [0.1, 0.15) is 42.7 Å². The van der Waals surface area contributed by atoms with Crippen LogP contribution in [0.1, 0.15) is 88.2 Å². The van der Waals surface area contributed by atoms with Gasteiger partial charge in [0.15, 0.2) is 37.1 Å². The third kappa shape index (κ3) is 11.8. The normalized spacial score (nSPS) is 18.0. The molecule has 1 unspecified atom stereocenters. The van der Waals surface area contributed by atoms with E-state index >= 15 is 0 Å². The fourth-order valence-corrected chi connectivity index (χ4v) is 11.3. The van der Waals surface area contributed by atoms with Gasteiger partial charge in [-0.3, -0.25) is 9.36 Å². The predicted molar refractivity (Wildman–Crippen MR) is 275 cm³/mol. The molecule has 71 heavy (non-hydrogen) atoms. The van der Waals surface area contributed by atoms with Crippen molar-refractivity contribution in [3.63, 3.8) is 0 Å². The summed E-state index contributed by atoms with van der Waals surface area (Å²) in [6, 6.07) is 36.3. The van der Waals surface area contributed by atoms with Crippen molar-refractivity contribution in [2.75, 3.05) is 32.8 Å². The van der Waals surface area contributed by atoms with Crippen molar-refractivity contribution in [3.05, 3.63) is 144 Å². The van der Waals surface area contributed by atoms with E-state index in [0.29, 0.717) is 28.2 Å². The molecular formula is C53H66N7O9PSi. The molecule has 1 aliphatic rings. The van der Waals surface area contributed by atoms with Crippen LogP contribution in [0.25, 0.3) is 11.2 Å². The molecule has 1 fully saturated rings. The van der Waals surface area contributed by atoms with Crippen LogP contribution in [0.4, 0.5) is 5.82 Å². The molecule has 7 rings (SSSR count). The Kier molecular flexibility index (Phi) is 17.4. The molecule has 0 saturated carbocycles. The van der Waals surface area contributed by atoms with E-state index < -0.39 is 47.0 Å². The lowest BCUT2D eigenvalue weighted by Gasteiger charge is -2.42. The summed E-state index contributed by atoms with van der Waals surface area (Å²) in [6.45, 7) is 19.2. The number of benzene rings is 4. The maximum atomic E-state index is 13.4. The van der Waals surface area contributed by atoms with E-state index in [0.717, 1.165) is 16.7 Å². The van der Waals surface area contributed by atoms with Crippen molar-refractivity contribution in [3.8, 4) is 17.6 Å². The first-order valence-corrected chi connectivity index (χ1v) is 27.8. The number of methoxy groups -OCH3 is 2. The summed E-state index contributed by atoms with van der Waals surface area (Å²) in [6.07, 6.45) is -0.239. The largest absolute Gasteiger partial charge is 0.497 e. The predicted octanol–water partition coefficient (Wildman–Crippen LogP) is 11.0. The zero-order chi connectivity index (χ0) is 50.9. The summed E-state index contributed by atoms with van der Waals surface area (Å²) in [5.41, 5.74) is 2.23. The monoisotopic (exact) mass is 1000 g/mol. The summed E-state index contributed by atoms with van der Waals surface area (Å²) >= 11 is 0. The molecule has 5 atom stereocenters. The number of carbonyl (C=O) groups excluding carboxylic acids is 1. The van der Waals surface area contributed by atoms with Crippen LogP contribution >= 0.6 is 8.53 Å². The van der Waals surface area contributed by atoms with Gasteiger partial charge in [-0.05, 0) is 98.9 Å². The maximum absolute atomic E-state index is 13.4. The van der Waals surface area contributed by atoms with E-state index in [-0.39, 0.29) is 48.5 Å². The molecule has 0 radical (unpaired) electrons. The molecule has 0 aliphatic carbocycles. The number of hydrogen-bond acceptors (Lipinski definition) is 14. The molecule has 1 saturated heterocycles. The van der Waals surface area contributed by atoms with Crippen LogP contribution < -0.4 is 14.8 Å². The van der Waals surface area contributed by atoms with E-state index in [1.807, 2.05) is 84.9 Å². The molecule has 2 aromatic heterocycles. The minimum atomic E-state index is -2.66. The summed E-state index contributed by atoms with van der Waals surface area (Å²) in [5, 5.41) is 12.3. The van der Waals surface area contributed by atoms with Crippen LogP contribution in [0, 0.1) is 11.3 Å². The smallest absolute Gasteiger partial charge is 0.259 e. The second kappa shape index (κ2) is 23.3. The van der Waals surface area contributed by atoms with Gasteiger partial charge in [0.2, 0.25) is 0 Å². The number of nitrogens with zero attached hydrogens (tertiary/aromatic N) is 6. The number of anilines is 1. The van der Waals surface area contributed by atoms with Gasteiger partial charge in [-0.25, -0.2) is 29.4 Å². The molecule has 18 heteroatoms. The van der Waals surface area contributed by atoms with Crippen LogP contribution in [-0.4, -0.2) is 96.2 Å². The van der Waals surface area contributed by atoms with Gasteiger partial charge in [-0.1, -0.05) is 93.6 Å². The number of nitriles is 1. The first-order chi connectivity index (χ1) is 34.0. The standard InChI is InChI=1S/C53H66N7O9PSi/c1-36(2)60(37(3)4)70(65-32-18-31-54)67-46-44(33-64-69-53(39-21-16-13-17-22-39,40-23-27-42(62-8)28-24-40)41-25-29-43(63-9)30-26-41)66-51(47(46)68-71(10,11)52(5,6)7)59-35-57-45-48(55-34-56-49(45)59)58-50(61)38-19-14-12-15-20-38/h12-17,19-30,34-37,44,46-47,51H,18,32-33H2,1-11H3,(H,55,56,58,61)/t44-,46-,47-,51-,70?/m1/s1. The molecule has 6 aromatic rings. The Hall–Kier alpha value is -5.64. The second-order valence-corrected chi connectivity index (χ2v) is 25.4. The van der Waals surface area contributed by atoms with E-state index in [1.54, 1.807) is 49.4 Å². The topological polar surface area (TPSA) is 174 Å². The number of nitrogens with one attached hydrogen (secondary N) is 1. The minimum Gasteiger partial charge on any atom is -0.497 e. The fourth-order valence-electron chi connectivity index (χ4n) is 8.29. The number of fused-ring (bicyclic) bond motifs is 1. The molecule has 3 heterocycles. The number of aromatic nitrogens is 4. The van der Waals surface area contributed by atoms with Gasteiger partial charge in [-0.15, -0.1) is 0 Å². The first-order valence-electron chi connectivity index (χ1n) is 23.8. The van der Waals surface area contributed by atoms with Crippen molar-refractivity contribution >= 4 is 39.7 Å². The van der Waals surface area contributed by atoms with Crippen LogP contribution in [0.5, 0.6) is 11.5 Å². The van der Waals surface area contributed by atoms with Crippen molar-refractivity contribution < 1.29 is 42.3 Å². The van der Waals surface area contributed by atoms with E-state index in [2.05, 4.69) is 82.6 Å². The lowest BCUT2D eigenvalue weighted by Crippen LogP contribution is -2.49. The number of ether oxygens (including phenoxy) is 3. The van der Waals surface area contributed by atoms with Crippen molar-refractivity contribution in [1.82, 2.24) is 24.2 Å². The highest BCUT2D eigenvalue weighted by Crippen LogP contribution is 2.52. The molecule has 1 amide bonds. The van der Waals surface area contributed by atoms with E-state index in [4.69, 9.17) is 47.4 Å². The molecule has 16 nitrogen and oxygen atoms in total. The summed E-state index contributed by atoms with van der Waals surface area (Å²) in [5.74, 6) is 1.25. The number of carbonyl (C=O) groups is 1. The Morgan fingerprint density at radius 2 is 1.41 bits per heavy atom. The Morgan fingerprint density at radius 3 is 1.96 bits per heavy atom. The van der Waals surface area contributed by atoms with Crippen molar-refractivity contribution in [2.45, 2.75) is 115 Å². The van der Waals surface area contributed by atoms with Crippen LogP contribution in [-0.2, 0) is 33.6 Å². The van der Waals surface area contributed by atoms with Crippen LogP contribution in [0.3, 0.4) is 0 Å². The Morgan fingerprint density at radius 1 is 0.831 bits per heavy atom. The molecular weight excluding hydrogens is 938 g/mol. The first kappa shape index (κ1) is 53.2. The average Bonchev–Trinajstić information content (AvgIpc) is 3.94. The Balaban J connectivity index is 1.35. The Labute approximate surface area is 419 Å². The third-order valence-electron chi connectivity index (χ3n) is 12.9. The second-order valence-electron chi connectivity index (χ2n) is 19.3. The van der Waals surface area contributed by atoms with Gasteiger partial charge < -0.3 is 33.0 Å². The van der Waals surface area contributed by atoms with Gasteiger partial charge in [0.25, 0.3) is 14.4 Å². The third-order valence-corrected chi connectivity index (χ3v) is 19.5. The highest BCUT2D eigenvalue weighted by atomic mass is 31.2. The summed E-state index contributed by atoms with van der Waals surface area (Å²) in [7, 11) is -1.24. The van der Waals surface area contributed by atoms with Gasteiger partial charge in [0, 0.05) is 17.6 Å². The lowest BCUT2D eigenvalue weighted by molar-refractivity contribution is -0.355. The maximum Gasteiger partial charge on any atom is 0.259 e. The summed E-state index contributed by atoms with van der Waals surface area (Å²) in [4.78, 5) is 40.9. The fraction of sp³-hybridized carbons (Fsp3) is 0.415. The van der Waals surface area contributed by atoms with Gasteiger partial charge in [-0.2, -0.15) is 5.26 Å². The zero-order valence-corrected chi connectivity index (χ0v) is 44.3. The highest BCUT2D eigenvalue weighted by molar-refractivity contribution is 7.44. The van der Waals surface area contributed by atoms with E-state index in [1.165, 1.54) is 6.33 Å². The lowest BCUT2D eigenvalue weighted by atomic mass is 9.80. The molecule has 1 N–H and O–H groups in total. The Bertz CT molecular complexity index is 2640. The zero-order valence-electron chi connectivity index (χ0n) is 42.4. The molecule has 4 aromatic carbocycles. The number of hydrogen-bond donors (Lipinski definition) is 1. The average molecular weight is 1000 g/mol. The number of imidazole rings is 1. The van der Waals surface area contributed by atoms with Gasteiger partial charge in [0.05, 0.1) is 39.6 Å². The summed E-state index contributed by atoms with van der Waals surface area (Å²) < 4.78 is 43.7. The molecule has 0 spiro atoms. The van der Waals surface area contributed by atoms with Gasteiger partial charge >= 0.3 is 0 Å². The molecule has 0 bridgehead atoms. The quantitative estimate of drug-likeness (QED) is 0.0170. The van der Waals surface area contributed by atoms with Crippen LogP contribution in [0.15, 0.2) is 122 Å². The SMILES string of the molecule is COc1ccc(C(OOC[C@H]2O[C@@H](n3cnc4c(NC(=O)c5ccccc5)ncnc43)[C@H](O[Si](C)(C)C(C)(C)C)[C@@H]2OP(OCCC#N)N(C(C)C)C(C)C)(c2ccccc2)c2ccc(OC)cc2)cc1. The van der Waals surface area contributed by atoms with E-state index in [9.17, 15) is 10.1 Å². The minimum absolute atomic E-state index is 0.00148. The highest BCUT2D eigenvalue weighted by Gasteiger charge is 2.54. The van der Waals surface area contributed by atoms with Crippen molar-refractivity contribution in [2.24, 2.45) is 0 Å². The number of amides is 1. The van der Waals surface area contributed by atoms with Crippen molar-refractivity contribution in [1.29, 1.82) is 5.26 Å².